The molecule has 2 N–H and O–H groups in total. The predicted molar refractivity (Wildman–Crippen MR) is 102 cm³/mol. The van der Waals surface area contributed by atoms with Gasteiger partial charge in [-0.3, -0.25) is 5.43 Å². The summed E-state index contributed by atoms with van der Waals surface area (Å²) in [6, 6.07) is 22.8. The van der Waals surface area contributed by atoms with E-state index in [0.717, 1.165) is 16.7 Å². The summed E-state index contributed by atoms with van der Waals surface area (Å²) in [6.07, 6.45) is 1.67. The van der Waals surface area contributed by atoms with Gasteiger partial charge in [0.1, 0.15) is 0 Å². The molecule has 4 nitrogen and oxygen atoms in total. The van der Waals surface area contributed by atoms with Crippen LogP contribution in [0.3, 0.4) is 0 Å². The number of hydrazone groups is 1. The van der Waals surface area contributed by atoms with Crippen LogP contribution in [0.2, 0.25) is 5.02 Å². The maximum Gasteiger partial charge on any atom is 0.337 e. The number of benzene rings is 3. The second kappa shape index (κ2) is 7.64. The lowest BCUT2D eigenvalue weighted by Gasteiger charge is -2.04. The van der Waals surface area contributed by atoms with E-state index in [9.17, 15) is 4.79 Å². The summed E-state index contributed by atoms with van der Waals surface area (Å²) in [4.78, 5) is 11.1. The molecular weight excluding hydrogens is 336 g/mol. The number of nitrogens with one attached hydrogen (secondary N) is 1. The average Bonchev–Trinajstić information content (AvgIpc) is 2.64. The highest BCUT2D eigenvalue weighted by atomic mass is 35.5. The molecule has 3 rings (SSSR count). The number of carbonyl (C=O) groups is 1. The van der Waals surface area contributed by atoms with Crippen molar-refractivity contribution < 1.29 is 9.90 Å². The molecule has 25 heavy (non-hydrogen) atoms. The van der Waals surface area contributed by atoms with E-state index in [-0.39, 0.29) is 10.6 Å². The molecule has 124 valence electrons. The van der Waals surface area contributed by atoms with Crippen LogP contribution < -0.4 is 5.43 Å². The highest BCUT2D eigenvalue weighted by Crippen LogP contribution is 2.21. The standard InChI is InChI=1S/C20H15ClN2O2/c21-19-11-10-17(12-18(19)20(24)25)23-22-13-14-6-8-16(9-7-14)15-4-2-1-3-5-15/h1-13,23H,(H,24,25). The first-order valence-electron chi connectivity index (χ1n) is 7.61. The topological polar surface area (TPSA) is 61.7 Å². The monoisotopic (exact) mass is 350 g/mol. The molecule has 0 saturated carbocycles. The van der Waals surface area contributed by atoms with Crippen LogP contribution in [0.15, 0.2) is 77.9 Å². The van der Waals surface area contributed by atoms with Gasteiger partial charge in [-0.2, -0.15) is 5.10 Å². The number of halogens is 1. The maximum absolute atomic E-state index is 11.1. The molecule has 0 unspecified atom stereocenters. The molecule has 3 aromatic carbocycles. The Balaban J connectivity index is 1.69. The van der Waals surface area contributed by atoms with Gasteiger partial charge in [0.05, 0.1) is 22.5 Å². The lowest BCUT2D eigenvalue weighted by Crippen LogP contribution is -1.99. The Bertz CT molecular complexity index is 907. The first-order chi connectivity index (χ1) is 12.1. The van der Waals surface area contributed by atoms with E-state index in [2.05, 4.69) is 22.7 Å². The summed E-state index contributed by atoms with van der Waals surface area (Å²) in [5.74, 6) is -1.07. The minimum Gasteiger partial charge on any atom is -0.478 e. The van der Waals surface area contributed by atoms with E-state index < -0.39 is 5.97 Å². The van der Waals surface area contributed by atoms with Gasteiger partial charge >= 0.3 is 5.97 Å². The zero-order valence-corrected chi connectivity index (χ0v) is 13.9. The molecule has 0 atom stereocenters. The number of rotatable bonds is 5. The van der Waals surface area contributed by atoms with Gasteiger partial charge < -0.3 is 5.11 Å². The van der Waals surface area contributed by atoms with Crippen LogP contribution in [-0.2, 0) is 0 Å². The Labute approximate surface area is 150 Å². The minimum atomic E-state index is -1.07. The van der Waals surface area contributed by atoms with Crippen LogP contribution in [0, 0.1) is 0 Å². The lowest BCUT2D eigenvalue weighted by molar-refractivity contribution is 0.0697. The summed E-state index contributed by atoms with van der Waals surface area (Å²) in [7, 11) is 0. The Morgan fingerprint density at radius 1 is 0.960 bits per heavy atom. The van der Waals surface area contributed by atoms with Crippen LogP contribution in [0.4, 0.5) is 5.69 Å². The first kappa shape index (κ1) is 16.7. The Hall–Kier alpha value is -3.11. The highest BCUT2D eigenvalue weighted by Gasteiger charge is 2.08. The normalized spacial score (nSPS) is 10.8. The van der Waals surface area contributed by atoms with Gasteiger partial charge in [-0.25, -0.2) is 4.79 Å². The van der Waals surface area contributed by atoms with Crippen LogP contribution in [-0.4, -0.2) is 17.3 Å². The zero-order chi connectivity index (χ0) is 17.6. The van der Waals surface area contributed by atoms with Crippen molar-refractivity contribution in [3.8, 4) is 11.1 Å². The third-order valence-corrected chi connectivity index (χ3v) is 3.95. The van der Waals surface area contributed by atoms with Crippen LogP contribution in [0.1, 0.15) is 15.9 Å². The third-order valence-electron chi connectivity index (χ3n) is 3.62. The molecule has 0 aliphatic carbocycles. The largest absolute Gasteiger partial charge is 0.478 e. The van der Waals surface area contributed by atoms with Crippen molar-refractivity contribution in [1.82, 2.24) is 0 Å². The fraction of sp³-hybridized carbons (Fsp3) is 0. The van der Waals surface area contributed by atoms with Crippen LogP contribution in [0.5, 0.6) is 0 Å². The number of anilines is 1. The van der Waals surface area contributed by atoms with E-state index in [4.69, 9.17) is 16.7 Å². The smallest absolute Gasteiger partial charge is 0.337 e. The Morgan fingerprint density at radius 2 is 1.64 bits per heavy atom. The van der Waals surface area contributed by atoms with Crippen LogP contribution >= 0.6 is 11.6 Å². The van der Waals surface area contributed by atoms with E-state index in [1.165, 1.54) is 12.1 Å². The lowest BCUT2D eigenvalue weighted by atomic mass is 10.0. The van der Waals surface area contributed by atoms with Crippen LogP contribution in [0.25, 0.3) is 11.1 Å². The van der Waals surface area contributed by atoms with E-state index in [0.29, 0.717) is 5.69 Å². The number of hydrogen-bond acceptors (Lipinski definition) is 3. The quantitative estimate of drug-likeness (QED) is 0.494. The van der Waals surface area contributed by atoms with Crippen molar-refractivity contribution in [3.63, 3.8) is 0 Å². The number of carboxylic acids is 1. The molecule has 0 heterocycles. The highest BCUT2D eigenvalue weighted by molar-refractivity contribution is 6.33. The molecule has 0 radical (unpaired) electrons. The minimum absolute atomic E-state index is 0.0362. The molecule has 0 aromatic heterocycles. The zero-order valence-electron chi connectivity index (χ0n) is 13.2. The van der Waals surface area contributed by atoms with Crippen molar-refractivity contribution in [3.05, 3.63) is 88.9 Å². The van der Waals surface area contributed by atoms with Gasteiger partial charge in [-0.1, -0.05) is 66.2 Å². The number of hydrogen-bond donors (Lipinski definition) is 2. The number of carboxylic acid groups (broad SMARTS) is 1. The van der Waals surface area contributed by atoms with Crippen molar-refractivity contribution >= 4 is 29.5 Å². The SMILES string of the molecule is O=C(O)c1cc(NN=Cc2ccc(-c3ccccc3)cc2)ccc1Cl. The van der Waals surface area contributed by atoms with Crippen molar-refractivity contribution in [2.24, 2.45) is 5.10 Å². The molecule has 0 aliphatic heterocycles. The van der Waals surface area contributed by atoms with Crippen molar-refractivity contribution in [2.75, 3.05) is 5.43 Å². The van der Waals surface area contributed by atoms with E-state index in [1.54, 1.807) is 12.3 Å². The molecule has 5 heteroatoms. The molecule has 0 spiro atoms. The van der Waals surface area contributed by atoms with E-state index in [1.807, 2.05) is 42.5 Å². The summed E-state index contributed by atoms with van der Waals surface area (Å²) in [5.41, 5.74) is 6.62. The fourth-order valence-corrected chi connectivity index (χ4v) is 2.53. The van der Waals surface area contributed by atoms with Crippen molar-refractivity contribution in [1.29, 1.82) is 0 Å². The summed E-state index contributed by atoms with van der Waals surface area (Å²) < 4.78 is 0. The van der Waals surface area contributed by atoms with E-state index >= 15 is 0 Å². The summed E-state index contributed by atoms with van der Waals surface area (Å²) in [5, 5.41) is 13.4. The summed E-state index contributed by atoms with van der Waals surface area (Å²) >= 11 is 5.84. The predicted octanol–water partition coefficient (Wildman–Crippen LogP) is 5.15. The second-order valence-electron chi connectivity index (χ2n) is 5.36. The molecule has 0 fully saturated rings. The van der Waals surface area contributed by atoms with Gasteiger partial charge in [0.15, 0.2) is 0 Å². The molecule has 0 aliphatic rings. The molecule has 3 aromatic rings. The Kier molecular flexibility index (Phi) is 5.11. The number of nitrogens with zero attached hydrogens (tertiary/aromatic N) is 1. The molecule has 0 bridgehead atoms. The molecular formula is C20H15ClN2O2. The van der Waals surface area contributed by atoms with Gasteiger partial charge in [-0.05, 0) is 34.9 Å². The Morgan fingerprint density at radius 3 is 2.32 bits per heavy atom. The summed E-state index contributed by atoms with van der Waals surface area (Å²) in [6.45, 7) is 0. The molecule has 0 saturated heterocycles. The first-order valence-corrected chi connectivity index (χ1v) is 7.99. The number of aromatic carboxylic acids is 1. The van der Waals surface area contributed by atoms with Gasteiger partial charge in [0.2, 0.25) is 0 Å². The average molecular weight is 351 g/mol. The molecule has 0 amide bonds. The maximum atomic E-state index is 11.1. The third kappa shape index (κ3) is 4.25. The second-order valence-corrected chi connectivity index (χ2v) is 5.77. The van der Waals surface area contributed by atoms with Gasteiger partial charge in [0.25, 0.3) is 0 Å². The van der Waals surface area contributed by atoms with Gasteiger partial charge in [0, 0.05) is 0 Å². The fourth-order valence-electron chi connectivity index (χ4n) is 2.33. The van der Waals surface area contributed by atoms with Crippen molar-refractivity contribution in [2.45, 2.75) is 0 Å². The van der Waals surface area contributed by atoms with Gasteiger partial charge in [-0.15, -0.1) is 0 Å².